The molecule has 0 aliphatic carbocycles. The standard InChI is InChI=1S/C27H36N4O5/c1-8-16-30-20(15-11-12-17-32)21-18-13-9-10-14-19(18)28-23(22(21)29-30)31(24(33)35-26(2,3)4)25(34)36-27(5,6)7/h9-10,13-14,17H,8,11-12,15-16H2,1-7H3. The molecule has 0 aliphatic rings. The van der Waals surface area contributed by atoms with Crippen molar-refractivity contribution in [2.75, 3.05) is 4.90 Å². The number of unbranched alkanes of at least 4 members (excludes halogenated alkanes) is 1. The van der Waals surface area contributed by atoms with Crippen molar-refractivity contribution in [3.8, 4) is 0 Å². The average Bonchev–Trinajstić information content (AvgIpc) is 3.10. The van der Waals surface area contributed by atoms with Crippen LogP contribution in [-0.2, 0) is 27.2 Å². The Morgan fingerprint density at radius 2 is 1.64 bits per heavy atom. The number of pyridine rings is 1. The molecule has 2 aromatic heterocycles. The molecular formula is C27H36N4O5. The van der Waals surface area contributed by atoms with Gasteiger partial charge in [-0.1, -0.05) is 25.1 Å². The number of hydrogen-bond donors (Lipinski definition) is 0. The maximum absolute atomic E-state index is 13.4. The van der Waals surface area contributed by atoms with Gasteiger partial charge in [-0.05, 0) is 66.9 Å². The zero-order valence-electron chi connectivity index (χ0n) is 22.3. The number of fused-ring (bicyclic) bond motifs is 3. The molecule has 0 radical (unpaired) electrons. The summed E-state index contributed by atoms with van der Waals surface area (Å²) in [4.78, 5) is 43.3. The molecule has 0 bridgehead atoms. The van der Waals surface area contributed by atoms with Crippen LogP contribution in [0, 0.1) is 0 Å². The zero-order chi connectivity index (χ0) is 26.7. The van der Waals surface area contributed by atoms with Crippen LogP contribution in [0.15, 0.2) is 24.3 Å². The van der Waals surface area contributed by atoms with Gasteiger partial charge in [0.05, 0.1) is 5.52 Å². The number of rotatable bonds is 7. The van der Waals surface area contributed by atoms with Gasteiger partial charge in [0.25, 0.3) is 0 Å². The minimum Gasteiger partial charge on any atom is -0.443 e. The fraction of sp³-hybridized carbons (Fsp3) is 0.519. The first-order chi connectivity index (χ1) is 16.9. The van der Waals surface area contributed by atoms with Crippen molar-refractivity contribution in [2.24, 2.45) is 0 Å². The van der Waals surface area contributed by atoms with Crippen molar-refractivity contribution < 1.29 is 23.9 Å². The van der Waals surface area contributed by atoms with E-state index in [1.807, 2.05) is 35.9 Å². The van der Waals surface area contributed by atoms with Crippen LogP contribution in [0.25, 0.3) is 21.8 Å². The Morgan fingerprint density at radius 1 is 1.03 bits per heavy atom. The molecule has 3 rings (SSSR count). The quantitative estimate of drug-likeness (QED) is 0.284. The van der Waals surface area contributed by atoms with Crippen molar-refractivity contribution in [3.05, 3.63) is 30.0 Å². The number of aryl methyl sites for hydroxylation is 2. The number of anilines is 1. The second kappa shape index (κ2) is 10.6. The molecule has 0 saturated carbocycles. The summed E-state index contributed by atoms with van der Waals surface area (Å²) in [6, 6.07) is 7.53. The third kappa shape index (κ3) is 6.19. The molecule has 36 heavy (non-hydrogen) atoms. The number of para-hydroxylation sites is 1. The maximum atomic E-state index is 13.4. The van der Waals surface area contributed by atoms with Gasteiger partial charge in [-0.3, -0.25) is 4.68 Å². The highest BCUT2D eigenvalue weighted by Gasteiger charge is 2.36. The van der Waals surface area contributed by atoms with Gasteiger partial charge in [-0.25, -0.2) is 14.6 Å². The van der Waals surface area contributed by atoms with Crippen LogP contribution in [0.3, 0.4) is 0 Å². The normalized spacial score (nSPS) is 12.1. The highest BCUT2D eigenvalue weighted by molar-refractivity contribution is 6.18. The summed E-state index contributed by atoms with van der Waals surface area (Å²) in [6.07, 6.45) is 1.64. The van der Waals surface area contributed by atoms with E-state index in [1.54, 1.807) is 41.5 Å². The number of benzene rings is 1. The minimum atomic E-state index is -0.895. The lowest BCUT2D eigenvalue weighted by Crippen LogP contribution is -2.44. The number of aldehydes is 1. The molecule has 0 unspecified atom stereocenters. The van der Waals surface area contributed by atoms with Gasteiger partial charge in [0.2, 0.25) is 0 Å². The first-order valence-electron chi connectivity index (χ1n) is 12.3. The predicted molar refractivity (Wildman–Crippen MR) is 139 cm³/mol. The number of amides is 2. The van der Waals surface area contributed by atoms with Crippen LogP contribution >= 0.6 is 0 Å². The summed E-state index contributed by atoms with van der Waals surface area (Å²) in [6.45, 7) is 13.0. The lowest BCUT2D eigenvalue weighted by Gasteiger charge is -2.28. The molecule has 0 spiro atoms. The molecule has 2 amide bonds. The number of carbonyl (C=O) groups is 3. The van der Waals surface area contributed by atoms with Gasteiger partial charge in [0, 0.05) is 29.4 Å². The Hall–Kier alpha value is -3.49. The molecule has 9 nitrogen and oxygen atoms in total. The number of hydrogen-bond acceptors (Lipinski definition) is 7. The van der Waals surface area contributed by atoms with E-state index in [9.17, 15) is 14.4 Å². The van der Waals surface area contributed by atoms with Crippen LogP contribution in [0.2, 0.25) is 0 Å². The molecule has 0 aliphatic heterocycles. The van der Waals surface area contributed by atoms with E-state index >= 15 is 0 Å². The Labute approximate surface area is 211 Å². The van der Waals surface area contributed by atoms with Crippen LogP contribution in [-0.4, -0.2) is 44.4 Å². The highest BCUT2D eigenvalue weighted by atomic mass is 16.6. The zero-order valence-corrected chi connectivity index (χ0v) is 22.3. The summed E-state index contributed by atoms with van der Waals surface area (Å²) in [5.41, 5.74) is 0.232. The van der Waals surface area contributed by atoms with Gasteiger partial charge >= 0.3 is 12.2 Å². The number of ether oxygens (including phenoxy) is 2. The number of imide groups is 1. The van der Waals surface area contributed by atoms with Crippen molar-refractivity contribution in [3.63, 3.8) is 0 Å². The average molecular weight is 497 g/mol. The summed E-state index contributed by atoms with van der Waals surface area (Å²) in [5.74, 6) is 0.0543. The molecule has 3 aromatic rings. The lowest BCUT2D eigenvalue weighted by molar-refractivity contribution is -0.107. The molecule has 2 heterocycles. The van der Waals surface area contributed by atoms with Gasteiger partial charge < -0.3 is 14.3 Å². The summed E-state index contributed by atoms with van der Waals surface area (Å²) in [5, 5.41) is 6.47. The summed E-state index contributed by atoms with van der Waals surface area (Å²) < 4.78 is 13.1. The van der Waals surface area contributed by atoms with Crippen LogP contribution in [0.1, 0.15) is 73.4 Å². The van der Waals surface area contributed by atoms with Gasteiger partial charge in [0.15, 0.2) is 5.82 Å². The fourth-order valence-corrected chi connectivity index (χ4v) is 3.91. The molecule has 0 saturated heterocycles. The van der Waals surface area contributed by atoms with Crippen molar-refractivity contribution in [1.29, 1.82) is 0 Å². The number of nitrogens with zero attached hydrogens (tertiary/aromatic N) is 4. The Balaban J connectivity index is 2.34. The third-order valence-corrected chi connectivity index (χ3v) is 5.20. The second-order valence-corrected chi connectivity index (χ2v) is 10.7. The monoisotopic (exact) mass is 496 g/mol. The van der Waals surface area contributed by atoms with Crippen molar-refractivity contribution >= 4 is 46.1 Å². The first-order valence-corrected chi connectivity index (χ1v) is 12.3. The Kier molecular flexibility index (Phi) is 8.01. The molecule has 0 fully saturated rings. The number of aromatic nitrogens is 3. The molecular weight excluding hydrogens is 460 g/mol. The van der Waals surface area contributed by atoms with Crippen molar-refractivity contribution in [2.45, 2.75) is 91.9 Å². The molecule has 0 atom stereocenters. The van der Waals surface area contributed by atoms with Crippen molar-refractivity contribution in [1.82, 2.24) is 14.8 Å². The van der Waals surface area contributed by atoms with Gasteiger partial charge in [-0.15, -0.1) is 0 Å². The Morgan fingerprint density at radius 3 is 2.19 bits per heavy atom. The molecule has 9 heteroatoms. The minimum absolute atomic E-state index is 0.0543. The fourth-order valence-electron chi connectivity index (χ4n) is 3.91. The smallest absolute Gasteiger partial charge is 0.425 e. The topological polar surface area (TPSA) is 104 Å². The van der Waals surface area contributed by atoms with Gasteiger partial charge in [-0.2, -0.15) is 10.00 Å². The van der Waals surface area contributed by atoms with E-state index in [1.165, 1.54) is 0 Å². The van der Waals surface area contributed by atoms with Crippen LogP contribution in [0.5, 0.6) is 0 Å². The van der Waals surface area contributed by atoms with E-state index in [-0.39, 0.29) is 5.82 Å². The lowest BCUT2D eigenvalue weighted by atomic mass is 10.0. The predicted octanol–water partition coefficient (Wildman–Crippen LogP) is 6.19. The maximum Gasteiger partial charge on any atom is 0.425 e. The highest BCUT2D eigenvalue weighted by Crippen LogP contribution is 2.35. The van der Waals surface area contributed by atoms with E-state index in [2.05, 4.69) is 0 Å². The summed E-state index contributed by atoms with van der Waals surface area (Å²) in [7, 11) is 0. The van der Waals surface area contributed by atoms with Gasteiger partial charge in [0.1, 0.15) is 23.0 Å². The third-order valence-electron chi connectivity index (χ3n) is 5.20. The SMILES string of the molecule is CCCn1nc2c(N(C(=O)OC(C)(C)C)C(=O)OC(C)(C)C)nc3ccccc3c2c1CCCC=O. The Bertz CT molecular complexity index is 1240. The largest absolute Gasteiger partial charge is 0.443 e. The molecule has 1 aromatic carbocycles. The van der Waals surface area contributed by atoms with Crippen LogP contribution < -0.4 is 4.90 Å². The van der Waals surface area contributed by atoms with E-state index < -0.39 is 23.4 Å². The first kappa shape index (κ1) is 27.1. The second-order valence-electron chi connectivity index (χ2n) is 10.7. The number of carbonyl (C=O) groups excluding carboxylic acids is 3. The molecule has 194 valence electrons. The van der Waals surface area contributed by atoms with Crippen LogP contribution in [0.4, 0.5) is 15.4 Å². The molecule has 0 N–H and O–H groups in total. The van der Waals surface area contributed by atoms with E-state index in [4.69, 9.17) is 19.6 Å². The summed E-state index contributed by atoms with van der Waals surface area (Å²) >= 11 is 0. The van der Waals surface area contributed by atoms with E-state index in [0.717, 1.165) is 34.1 Å². The van der Waals surface area contributed by atoms with E-state index in [0.29, 0.717) is 36.8 Å².